The molecule has 3 rings (SSSR count). The second kappa shape index (κ2) is 7.24. The lowest BCUT2D eigenvalue weighted by Gasteiger charge is -2.06. The van der Waals surface area contributed by atoms with E-state index in [4.69, 9.17) is 0 Å². The molecule has 0 aromatic heterocycles. The van der Waals surface area contributed by atoms with Gasteiger partial charge in [0.05, 0.1) is 8.96 Å². The number of halogens is 2. The SMILES string of the molecule is O=C(/C(Br)=C(\Br)C(=O)c1ccc2ccccc2c1)c1ccccc1. The molecule has 118 valence electrons. The van der Waals surface area contributed by atoms with Gasteiger partial charge in [0.15, 0.2) is 0 Å². The summed E-state index contributed by atoms with van der Waals surface area (Å²) in [6, 6.07) is 22.1. The van der Waals surface area contributed by atoms with Crippen LogP contribution in [-0.2, 0) is 0 Å². The zero-order valence-electron chi connectivity index (χ0n) is 12.5. The summed E-state index contributed by atoms with van der Waals surface area (Å²) in [5, 5.41) is 2.04. The number of carbonyl (C=O) groups is 2. The number of hydrogen-bond donors (Lipinski definition) is 0. The molecule has 0 spiro atoms. The van der Waals surface area contributed by atoms with E-state index < -0.39 is 0 Å². The highest BCUT2D eigenvalue weighted by molar-refractivity contribution is 9.14. The van der Waals surface area contributed by atoms with E-state index in [1.165, 1.54) is 0 Å². The van der Waals surface area contributed by atoms with Gasteiger partial charge < -0.3 is 0 Å². The molecule has 0 amide bonds. The Morgan fingerprint density at radius 2 is 1.12 bits per heavy atom. The minimum absolute atomic E-state index is 0.214. The normalized spacial score (nSPS) is 11.9. The molecule has 24 heavy (non-hydrogen) atoms. The van der Waals surface area contributed by atoms with Gasteiger partial charge in [0.2, 0.25) is 11.6 Å². The predicted molar refractivity (Wildman–Crippen MR) is 104 cm³/mol. The molecular weight excluding hydrogens is 432 g/mol. The topological polar surface area (TPSA) is 34.1 Å². The molecule has 0 aliphatic heterocycles. The van der Waals surface area contributed by atoms with Crippen molar-refractivity contribution in [2.75, 3.05) is 0 Å². The summed E-state index contributed by atoms with van der Waals surface area (Å²) in [5.74, 6) is -0.478. The number of Topliss-reactive ketones (excluding diaryl/α,β-unsaturated/α-hetero) is 2. The molecule has 3 aromatic rings. The lowest BCUT2D eigenvalue weighted by Crippen LogP contribution is -2.06. The molecular formula is C20H12Br2O2. The van der Waals surface area contributed by atoms with Crippen LogP contribution in [0.5, 0.6) is 0 Å². The van der Waals surface area contributed by atoms with Crippen molar-refractivity contribution in [2.45, 2.75) is 0 Å². The zero-order chi connectivity index (χ0) is 17.1. The average Bonchev–Trinajstić information content (AvgIpc) is 2.66. The number of carbonyl (C=O) groups excluding carboxylic acids is 2. The molecule has 0 heterocycles. The van der Waals surface area contributed by atoms with E-state index >= 15 is 0 Å². The molecule has 0 aliphatic rings. The molecule has 0 saturated heterocycles. The first kappa shape index (κ1) is 16.8. The Bertz CT molecular complexity index is 960. The van der Waals surface area contributed by atoms with Crippen molar-refractivity contribution < 1.29 is 9.59 Å². The third-order valence-corrected chi connectivity index (χ3v) is 5.68. The third kappa shape index (κ3) is 3.40. The minimum atomic E-state index is -0.239. The van der Waals surface area contributed by atoms with Crippen molar-refractivity contribution in [3.63, 3.8) is 0 Å². The van der Waals surface area contributed by atoms with E-state index in [9.17, 15) is 9.59 Å². The first-order valence-corrected chi connectivity index (χ1v) is 8.85. The Labute approximate surface area is 156 Å². The van der Waals surface area contributed by atoms with Gasteiger partial charge in [-0.1, -0.05) is 66.7 Å². The Hall–Kier alpha value is -2.04. The summed E-state index contributed by atoms with van der Waals surface area (Å²) in [5.41, 5.74) is 1.05. The maximum absolute atomic E-state index is 12.7. The van der Waals surface area contributed by atoms with Crippen LogP contribution >= 0.6 is 31.9 Å². The predicted octanol–water partition coefficient (Wildman–Crippen LogP) is 5.91. The summed E-state index contributed by atoms with van der Waals surface area (Å²) in [6.07, 6.45) is 0. The Morgan fingerprint density at radius 3 is 1.79 bits per heavy atom. The van der Waals surface area contributed by atoms with Crippen molar-refractivity contribution in [2.24, 2.45) is 0 Å². The van der Waals surface area contributed by atoms with Crippen LogP contribution in [0.4, 0.5) is 0 Å². The van der Waals surface area contributed by atoms with E-state index in [0.717, 1.165) is 10.8 Å². The molecule has 0 saturated carbocycles. The van der Waals surface area contributed by atoms with Gasteiger partial charge in [-0.15, -0.1) is 0 Å². The van der Waals surface area contributed by atoms with Crippen LogP contribution in [0, 0.1) is 0 Å². The van der Waals surface area contributed by atoms with Gasteiger partial charge in [-0.25, -0.2) is 0 Å². The van der Waals surface area contributed by atoms with Crippen molar-refractivity contribution in [3.05, 3.63) is 92.9 Å². The average molecular weight is 444 g/mol. The Morgan fingerprint density at radius 1 is 0.583 bits per heavy atom. The van der Waals surface area contributed by atoms with E-state index in [0.29, 0.717) is 11.1 Å². The van der Waals surface area contributed by atoms with Crippen molar-refractivity contribution in [3.8, 4) is 0 Å². The van der Waals surface area contributed by atoms with Gasteiger partial charge in [-0.3, -0.25) is 9.59 Å². The fraction of sp³-hybridized carbons (Fsp3) is 0. The highest BCUT2D eigenvalue weighted by Gasteiger charge is 2.19. The zero-order valence-corrected chi connectivity index (χ0v) is 15.7. The smallest absolute Gasteiger partial charge is 0.201 e. The van der Waals surface area contributed by atoms with Crippen molar-refractivity contribution >= 4 is 54.2 Å². The van der Waals surface area contributed by atoms with E-state index in [1.54, 1.807) is 30.3 Å². The molecule has 3 aromatic carbocycles. The van der Waals surface area contributed by atoms with Crippen LogP contribution in [0.15, 0.2) is 81.8 Å². The number of benzene rings is 3. The molecule has 0 radical (unpaired) electrons. The number of fused-ring (bicyclic) bond motifs is 1. The molecule has 0 bridgehead atoms. The first-order chi connectivity index (χ1) is 11.6. The highest BCUT2D eigenvalue weighted by Crippen LogP contribution is 2.27. The molecule has 0 atom stereocenters. The van der Waals surface area contributed by atoms with Gasteiger partial charge in [0.25, 0.3) is 0 Å². The van der Waals surface area contributed by atoms with Gasteiger partial charge in [0, 0.05) is 11.1 Å². The minimum Gasteiger partial charge on any atom is -0.288 e. The largest absolute Gasteiger partial charge is 0.288 e. The van der Waals surface area contributed by atoms with Gasteiger partial charge in [0.1, 0.15) is 0 Å². The van der Waals surface area contributed by atoms with E-state index in [1.807, 2.05) is 42.5 Å². The summed E-state index contributed by atoms with van der Waals surface area (Å²) in [7, 11) is 0. The van der Waals surface area contributed by atoms with Crippen LogP contribution in [0.1, 0.15) is 20.7 Å². The molecule has 0 fully saturated rings. The standard InChI is InChI=1S/C20H12Br2O2/c21-17(19(23)14-7-2-1-3-8-14)18(22)20(24)16-11-10-13-6-4-5-9-15(13)12-16/h1-12H/b18-17+. The molecule has 0 N–H and O–H groups in total. The molecule has 2 nitrogen and oxygen atoms in total. The lowest BCUT2D eigenvalue weighted by molar-refractivity contribution is 0.101. The maximum Gasteiger partial charge on any atom is 0.201 e. The second-order valence-corrected chi connectivity index (χ2v) is 6.80. The van der Waals surface area contributed by atoms with Crippen LogP contribution < -0.4 is 0 Å². The van der Waals surface area contributed by atoms with Gasteiger partial charge >= 0.3 is 0 Å². The fourth-order valence-corrected chi connectivity index (χ4v) is 3.19. The summed E-state index contributed by atoms with van der Waals surface area (Å²) >= 11 is 6.53. The molecule has 0 aliphatic carbocycles. The van der Waals surface area contributed by atoms with Crippen LogP contribution in [-0.4, -0.2) is 11.6 Å². The second-order valence-electron chi connectivity index (χ2n) is 5.21. The first-order valence-electron chi connectivity index (χ1n) is 7.26. The number of rotatable bonds is 4. The highest BCUT2D eigenvalue weighted by atomic mass is 79.9. The summed E-state index contributed by atoms with van der Waals surface area (Å²) in [6.45, 7) is 0. The number of allylic oxidation sites excluding steroid dienone is 2. The quantitative estimate of drug-likeness (QED) is 0.371. The van der Waals surface area contributed by atoms with E-state index in [-0.39, 0.29) is 20.5 Å². The summed E-state index contributed by atoms with van der Waals surface area (Å²) < 4.78 is 0.429. The lowest BCUT2D eigenvalue weighted by atomic mass is 10.0. The van der Waals surface area contributed by atoms with Crippen LogP contribution in [0.25, 0.3) is 10.8 Å². The van der Waals surface area contributed by atoms with Crippen LogP contribution in [0.2, 0.25) is 0 Å². The summed E-state index contributed by atoms with van der Waals surface area (Å²) in [4.78, 5) is 25.1. The fourth-order valence-electron chi connectivity index (χ4n) is 2.37. The van der Waals surface area contributed by atoms with Crippen molar-refractivity contribution in [1.82, 2.24) is 0 Å². The Kier molecular flexibility index (Phi) is 5.07. The number of hydrogen-bond acceptors (Lipinski definition) is 2. The number of ketones is 2. The van der Waals surface area contributed by atoms with Gasteiger partial charge in [-0.2, -0.15) is 0 Å². The monoisotopic (exact) mass is 442 g/mol. The van der Waals surface area contributed by atoms with Gasteiger partial charge in [-0.05, 0) is 48.7 Å². The molecule has 0 unspecified atom stereocenters. The van der Waals surface area contributed by atoms with Crippen molar-refractivity contribution in [1.29, 1.82) is 0 Å². The van der Waals surface area contributed by atoms with E-state index in [2.05, 4.69) is 31.9 Å². The Balaban J connectivity index is 1.96. The van der Waals surface area contributed by atoms with Crippen LogP contribution in [0.3, 0.4) is 0 Å². The molecule has 4 heteroatoms. The third-order valence-electron chi connectivity index (χ3n) is 3.64. The maximum atomic E-state index is 12.7.